The smallest absolute Gasteiger partial charge is 0.259 e. The minimum absolute atomic E-state index is 0.0209. The van der Waals surface area contributed by atoms with E-state index in [1.165, 1.54) is 7.11 Å². The number of methoxy groups -OCH3 is 1. The molecule has 0 aromatic carbocycles. The Balaban J connectivity index is 1.80. The van der Waals surface area contributed by atoms with E-state index in [0.717, 1.165) is 25.2 Å². The Kier molecular flexibility index (Phi) is 4.09. The van der Waals surface area contributed by atoms with Crippen molar-refractivity contribution in [3.8, 4) is 5.88 Å². The third kappa shape index (κ3) is 2.68. The molecule has 3 rings (SSSR count). The maximum absolute atomic E-state index is 12.8. The van der Waals surface area contributed by atoms with Crippen LogP contribution in [0.3, 0.4) is 0 Å². The minimum Gasteiger partial charge on any atom is -0.480 e. The number of aromatic nitrogens is 3. The van der Waals surface area contributed by atoms with Crippen LogP contribution >= 0.6 is 0 Å². The van der Waals surface area contributed by atoms with E-state index in [1.54, 1.807) is 24.5 Å². The second-order valence-corrected chi connectivity index (χ2v) is 5.49. The van der Waals surface area contributed by atoms with Crippen LogP contribution in [-0.4, -0.2) is 45.5 Å². The maximum Gasteiger partial charge on any atom is 0.259 e. The fourth-order valence-electron chi connectivity index (χ4n) is 3.03. The lowest BCUT2D eigenvalue weighted by Gasteiger charge is -2.34. The first-order chi connectivity index (χ1) is 10.7. The summed E-state index contributed by atoms with van der Waals surface area (Å²) in [7, 11) is 1.53. The van der Waals surface area contributed by atoms with Crippen molar-refractivity contribution in [2.75, 3.05) is 20.2 Å². The molecule has 0 N–H and O–H groups in total. The van der Waals surface area contributed by atoms with Gasteiger partial charge in [-0.3, -0.25) is 4.79 Å². The second-order valence-electron chi connectivity index (χ2n) is 5.49. The van der Waals surface area contributed by atoms with E-state index in [4.69, 9.17) is 4.74 Å². The lowest BCUT2D eigenvalue weighted by molar-refractivity contribution is 0.0674. The summed E-state index contributed by atoms with van der Waals surface area (Å²) in [6.45, 7) is 3.44. The first-order valence-corrected chi connectivity index (χ1v) is 7.48. The molecule has 1 atom stereocenters. The molecule has 116 valence electrons. The van der Waals surface area contributed by atoms with Crippen LogP contribution in [0.15, 0.2) is 30.7 Å². The molecule has 2 aromatic heterocycles. The van der Waals surface area contributed by atoms with E-state index < -0.39 is 0 Å². The zero-order valence-electron chi connectivity index (χ0n) is 12.9. The molecule has 0 aliphatic carbocycles. The van der Waals surface area contributed by atoms with Crippen LogP contribution < -0.4 is 4.74 Å². The van der Waals surface area contributed by atoms with Crippen LogP contribution in [-0.2, 0) is 0 Å². The quantitative estimate of drug-likeness (QED) is 0.870. The van der Waals surface area contributed by atoms with Crippen LogP contribution in [0.25, 0.3) is 0 Å². The number of hydrogen-bond acceptors (Lipinski definition) is 4. The Morgan fingerprint density at radius 2 is 2.23 bits per heavy atom. The Bertz CT molecular complexity index is 668. The number of amides is 1. The molecule has 22 heavy (non-hydrogen) atoms. The SMILES string of the molecule is COc1ncccc1C(=O)N1CCCC(n2ccnc2C)C1. The molecule has 0 saturated carbocycles. The summed E-state index contributed by atoms with van der Waals surface area (Å²) >= 11 is 0. The lowest BCUT2D eigenvalue weighted by Crippen LogP contribution is -2.41. The van der Waals surface area contributed by atoms with Gasteiger partial charge in [0.1, 0.15) is 11.4 Å². The molecular weight excluding hydrogens is 280 g/mol. The standard InChI is InChI=1S/C16H20N4O2/c1-12-17-8-10-20(12)13-5-4-9-19(11-13)16(21)14-6-3-7-18-15(14)22-2/h3,6-8,10,13H,4-5,9,11H2,1-2H3. The van der Waals surface area contributed by atoms with Gasteiger partial charge in [0.2, 0.25) is 5.88 Å². The van der Waals surface area contributed by atoms with Gasteiger partial charge in [-0.2, -0.15) is 0 Å². The van der Waals surface area contributed by atoms with Gasteiger partial charge in [0.05, 0.1) is 13.2 Å². The van der Waals surface area contributed by atoms with Gasteiger partial charge >= 0.3 is 0 Å². The highest BCUT2D eigenvalue weighted by Crippen LogP contribution is 2.25. The van der Waals surface area contributed by atoms with Crippen LogP contribution in [0.1, 0.15) is 35.1 Å². The number of likely N-dealkylation sites (tertiary alicyclic amines) is 1. The largest absolute Gasteiger partial charge is 0.480 e. The Morgan fingerprint density at radius 1 is 1.36 bits per heavy atom. The number of nitrogens with zero attached hydrogens (tertiary/aromatic N) is 4. The number of carbonyl (C=O) groups is 1. The molecule has 1 unspecified atom stereocenters. The van der Waals surface area contributed by atoms with E-state index >= 15 is 0 Å². The number of piperidine rings is 1. The fourth-order valence-corrected chi connectivity index (χ4v) is 3.03. The lowest BCUT2D eigenvalue weighted by atomic mass is 10.0. The Hall–Kier alpha value is -2.37. The molecule has 0 spiro atoms. The first kappa shape index (κ1) is 14.6. The fraction of sp³-hybridized carbons (Fsp3) is 0.438. The number of rotatable bonds is 3. The van der Waals surface area contributed by atoms with Crippen molar-refractivity contribution in [1.29, 1.82) is 0 Å². The summed E-state index contributed by atoms with van der Waals surface area (Å²) in [6.07, 6.45) is 7.46. The van der Waals surface area contributed by atoms with Crippen LogP contribution in [0.2, 0.25) is 0 Å². The van der Waals surface area contributed by atoms with Crippen LogP contribution in [0.4, 0.5) is 0 Å². The molecule has 1 fully saturated rings. The number of pyridine rings is 1. The molecule has 1 amide bonds. The molecule has 0 bridgehead atoms. The van der Waals surface area contributed by atoms with Crippen molar-refractivity contribution in [1.82, 2.24) is 19.4 Å². The zero-order valence-corrected chi connectivity index (χ0v) is 12.9. The highest BCUT2D eigenvalue weighted by atomic mass is 16.5. The summed E-state index contributed by atoms with van der Waals surface area (Å²) < 4.78 is 7.35. The molecule has 2 aromatic rings. The molecule has 6 nitrogen and oxygen atoms in total. The van der Waals surface area contributed by atoms with E-state index in [1.807, 2.05) is 18.0 Å². The molecule has 6 heteroatoms. The zero-order chi connectivity index (χ0) is 15.5. The van der Waals surface area contributed by atoms with Crippen LogP contribution in [0, 0.1) is 6.92 Å². The van der Waals surface area contributed by atoms with Gasteiger partial charge < -0.3 is 14.2 Å². The second kappa shape index (κ2) is 6.17. The molecule has 1 saturated heterocycles. The number of hydrogen-bond donors (Lipinski definition) is 0. The molecule has 3 heterocycles. The van der Waals surface area contributed by atoms with Crippen molar-refractivity contribution in [2.24, 2.45) is 0 Å². The normalized spacial score (nSPS) is 18.3. The topological polar surface area (TPSA) is 60.2 Å². The summed E-state index contributed by atoms with van der Waals surface area (Å²) in [4.78, 5) is 23.0. The number of aryl methyl sites for hydroxylation is 1. The predicted octanol–water partition coefficient (Wildman–Crippen LogP) is 2.07. The predicted molar refractivity (Wildman–Crippen MR) is 81.9 cm³/mol. The monoisotopic (exact) mass is 300 g/mol. The van der Waals surface area contributed by atoms with Gasteiger partial charge in [-0.25, -0.2) is 9.97 Å². The van der Waals surface area contributed by atoms with Crippen molar-refractivity contribution < 1.29 is 9.53 Å². The van der Waals surface area contributed by atoms with E-state index in [-0.39, 0.29) is 11.9 Å². The Labute approximate surface area is 129 Å². The van der Waals surface area contributed by atoms with Gasteiger partial charge in [0.25, 0.3) is 5.91 Å². The van der Waals surface area contributed by atoms with E-state index in [0.29, 0.717) is 18.0 Å². The van der Waals surface area contributed by atoms with Gasteiger partial charge in [-0.15, -0.1) is 0 Å². The van der Waals surface area contributed by atoms with Gasteiger partial charge in [-0.1, -0.05) is 0 Å². The molecule has 1 aliphatic rings. The molecule has 0 radical (unpaired) electrons. The number of ether oxygens (including phenoxy) is 1. The Morgan fingerprint density at radius 3 is 2.95 bits per heavy atom. The van der Waals surface area contributed by atoms with Gasteiger partial charge in [0.15, 0.2) is 0 Å². The highest BCUT2D eigenvalue weighted by Gasteiger charge is 2.27. The van der Waals surface area contributed by atoms with Crippen LogP contribution in [0.5, 0.6) is 5.88 Å². The summed E-state index contributed by atoms with van der Waals surface area (Å²) in [5.74, 6) is 1.35. The first-order valence-electron chi connectivity index (χ1n) is 7.48. The highest BCUT2D eigenvalue weighted by molar-refractivity contribution is 5.96. The third-order valence-electron chi connectivity index (χ3n) is 4.13. The average Bonchev–Trinajstić information content (AvgIpc) is 3.00. The molecule has 1 aliphatic heterocycles. The van der Waals surface area contributed by atoms with Crippen molar-refractivity contribution in [2.45, 2.75) is 25.8 Å². The summed E-state index contributed by atoms with van der Waals surface area (Å²) in [6, 6.07) is 3.81. The average molecular weight is 300 g/mol. The summed E-state index contributed by atoms with van der Waals surface area (Å²) in [5, 5.41) is 0. The van der Waals surface area contributed by atoms with Crippen molar-refractivity contribution in [3.63, 3.8) is 0 Å². The van der Waals surface area contributed by atoms with Crippen molar-refractivity contribution >= 4 is 5.91 Å². The number of imidazole rings is 1. The van der Waals surface area contributed by atoms with E-state index in [2.05, 4.69) is 14.5 Å². The molecular formula is C16H20N4O2. The number of carbonyl (C=O) groups excluding carboxylic acids is 1. The summed E-state index contributed by atoms with van der Waals surface area (Å²) in [5.41, 5.74) is 0.521. The third-order valence-corrected chi connectivity index (χ3v) is 4.13. The van der Waals surface area contributed by atoms with Gasteiger partial charge in [-0.05, 0) is 31.9 Å². The van der Waals surface area contributed by atoms with E-state index in [9.17, 15) is 4.79 Å². The van der Waals surface area contributed by atoms with Crippen molar-refractivity contribution in [3.05, 3.63) is 42.1 Å². The van der Waals surface area contributed by atoms with Gasteiger partial charge in [0, 0.05) is 31.7 Å². The minimum atomic E-state index is -0.0209. The maximum atomic E-state index is 12.8.